The minimum Gasteiger partial charge on any atom is -0.870 e. The maximum absolute atomic E-state index is 11.9. The molecule has 0 heterocycles. The molecule has 0 saturated carbocycles. The van der Waals surface area contributed by atoms with Crippen LogP contribution in [0.2, 0.25) is 0 Å². The van der Waals surface area contributed by atoms with E-state index >= 15 is 0 Å². The number of aryl methyl sites for hydroxylation is 2. The molecule has 34 heavy (non-hydrogen) atoms. The van der Waals surface area contributed by atoms with Crippen molar-refractivity contribution in [2.24, 2.45) is 0 Å². The van der Waals surface area contributed by atoms with Crippen LogP contribution in [0.1, 0.15) is 115 Å². The first-order valence-corrected chi connectivity index (χ1v) is 14.4. The van der Waals surface area contributed by atoms with Crippen LogP contribution >= 0.6 is 0 Å². The van der Waals surface area contributed by atoms with E-state index in [2.05, 4.69) is 26.0 Å². The van der Waals surface area contributed by atoms with Gasteiger partial charge >= 0.3 is 48.9 Å². The van der Waals surface area contributed by atoms with Crippen LogP contribution in [0.5, 0.6) is 0 Å². The van der Waals surface area contributed by atoms with Crippen molar-refractivity contribution in [3.8, 4) is 0 Å². The smallest absolute Gasteiger partial charge is 0.870 e. The molecule has 0 aliphatic carbocycles. The Bertz CT molecular complexity index is 907. The van der Waals surface area contributed by atoms with E-state index in [9.17, 15) is 13.0 Å². The molecule has 0 amide bonds. The van der Waals surface area contributed by atoms with Gasteiger partial charge in [-0.2, -0.15) is 0 Å². The van der Waals surface area contributed by atoms with E-state index in [1.54, 1.807) is 6.07 Å². The van der Waals surface area contributed by atoms with Gasteiger partial charge in [0.05, 0.1) is 4.90 Å². The van der Waals surface area contributed by atoms with Gasteiger partial charge in [0, 0.05) is 0 Å². The van der Waals surface area contributed by atoms with Crippen molar-refractivity contribution in [2.75, 3.05) is 0 Å². The van der Waals surface area contributed by atoms with Crippen LogP contribution in [0.25, 0.3) is 10.8 Å². The molecule has 0 radical (unpaired) electrons. The molecule has 0 saturated heterocycles. The topological polar surface area (TPSA) is 87.2 Å². The number of benzene rings is 2. The third-order valence-electron chi connectivity index (χ3n) is 6.45. The van der Waals surface area contributed by atoms with Gasteiger partial charge in [-0.1, -0.05) is 115 Å². The molecule has 2 aromatic carbocycles. The summed E-state index contributed by atoms with van der Waals surface area (Å²) < 4.78 is 35.8. The van der Waals surface area contributed by atoms with Crippen molar-refractivity contribution in [1.29, 1.82) is 0 Å². The van der Waals surface area contributed by atoms with Crippen LogP contribution in [0.15, 0.2) is 35.2 Å². The largest absolute Gasteiger partial charge is 2.00 e. The second-order valence-corrected chi connectivity index (χ2v) is 10.7. The Morgan fingerprint density at radius 2 is 1.09 bits per heavy atom. The molecule has 0 bridgehead atoms. The van der Waals surface area contributed by atoms with Crippen LogP contribution in [0.3, 0.4) is 0 Å². The van der Waals surface area contributed by atoms with E-state index in [0.29, 0.717) is 5.39 Å². The van der Waals surface area contributed by atoms with Gasteiger partial charge in [-0.25, -0.2) is 8.42 Å². The molecular weight excluding hydrogens is 570 g/mol. The van der Waals surface area contributed by atoms with Crippen molar-refractivity contribution < 1.29 is 18.4 Å². The molecule has 0 spiro atoms. The second-order valence-electron chi connectivity index (χ2n) is 9.35. The molecule has 6 heteroatoms. The third kappa shape index (κ3) is 12.9. The van der Waals surface area contributed by atoms with Crippen LogP contribution in [0, 0.1) is 0 Å². The Hall–Kier alpha value is 0.141. The fourth-order valence-electron chi connectivity index (χ4n) is 4.52. The maximum atomic E-state index is 11.9. The average molecular weight is 614 g/mol. The Morgan fingerprint density at radius 1 is 0.647 bits per heavy atom. The summed E-state index contributed by atoms with van der Waals surface area (Å²) in [5.41, 5.74) is 2.20. The summed E-state index contributed by atoms with van der Waals surface area (Å²) >= 11 is 0. The predicted octanol–water partition coefficient (Wildman–Crippen LogP) is 7.77. The monoisotopic (exact) mass is 614 g/mol. The minimum atomic E-state index is -4.49. The fourth-order valence-corrected chi connectivity index (χ4v) is 5.27. The molecule has 2 aromatic rings. The van der Waals surface area contributed by atoms with Gasteiger partial charge in [-0.3, -0.25) is 0 Å². The van der Waals surface area contributed by atoms with Gasteiger partial charge in [-0.05, 0) is 53.6 Å². The molecule has 188 valence electrons. The third-order valence-corrected chi connectivity index (χ3v) is 7.32. The molecule has 0 atom stereocenters. The first kappa shape index (κ1) is 34.1. The Balaban J connectivity index is 0.00000544. The number of unbranched alkanes of at least 4 members (excludes halogenated alkanes) is 12. The maximum Gasteiger partial charge on any atom is 2.00 e. The van der Waals surface area contributed by atoms with Gasteiger partial charge in [0.25, 0.3) is 0 Å². The predicted molar refractivity (Wildman–Crippen MR) is 143 cm³/mol. The van der Waals surface area contributed by atoms with Gasteiger partial charge in [0.1, 0.15) is 10.1 Å². The first-order valence-electron chi connectivity index (χ1n) is 13.0. The SMILES string of the molecule is CCCCCCCCCc1ccc2c(S(=O)(=O)[O-])cc(CCCCCCCCC)cc2c1.[Ba+2].[OH-]. The van der Waals surface area contributed by atoms with Crippen LogP contribution in [-0.4, -0.2) is 67.3 Å². The fraction of sp³-hybridized carbons (Fsp3) is 0.643. The van der Waals surface area contributed by atoms with Gasteiger partial charge in [-0.15, -0.1) is 0 Å². The Kier molecular flexibility index (Phi) is 19.4. The summed E-state index contributed by atoms with van der Waals surface area (Å²) in [6.45, 7) is 4.46. The molecule has 0 aliphatic rings. The van der Waals surface area contributed by atoms with E-state index in [-0.39, 0.29) is 59.3 Å². The van der Waals surface area contributed by atoms with Crippen molar-refractivity contribution in [1.82, 2.24) is 0 Å². The van der Waals surface area contributed by atoms with Gasteiger partial charge < -0.3 is 10.0 Å². The van der Waals surface area contributed by atoms with E-state index < -0.39 is 10.1 Å². The van der Waals surface area contributed by atoms with E-state index in [1.165, 1.54) is 76.2 Å². The average Bonchev–Trinajstić information content (AvgIpc) is 2.76. The van der Waals surface area contributed by atoms with Gasteiger partial charge in [0.15, 0.2) is 0 Å². The van der Waals surface area contributed by atoms with Gasteiger partial charge in [0.2, 0.25) is 0 Å². The van der Waals surface area contributed by atoms with E-state index in [0.717, 1.165) is 43.1 Å². The quantitative estimate of drug-likeness (QED) is 0.104. The summed E-state index contributed by atoms with van der Waals surface area (Å²) in [7, 11) is -4.49. The summed E-state index contributed by atoms with van der Waals surface area (Å²) in [5.74, 6) is 0. The Morgan fingerprint density at radius 3 is 1.59 bits per heavy atom. The van der Waals surface area contributed by atoms with Crippen molar-refractivity contribution in [3.63, 3.8) is 0 Å². The van der Waals surface area contributed by atoms with Crippen LogP contribution in [0.4, 0.5) is 0 Å². The van der Waals surface area contributed by atoms with Crippen molar-refractivity contribution in [3.05, 3.63) is 41.5 Å². The first-order chi connectivity index (χ1) is 15.5. The number of fused-ring (bicyclic) bond motifs is 1. The molecule has 0 aromatic heterocycles. The zero-order valence-electron chi connectivity index (χ0n) is 21.5. The zero-order chi connectivity index (χ0) is 23.2. The molecule has 0 aliphatic heterocycles. The summed E-state index contributed by atoms with van der Waals surface area (Å²) in [6, 6.07) is 9.61. The summed E-state index contributed by atoms with van der Waals surface area (Å²) in [6.07, 6.45) is 19.3. The number of hydrogen-bond acceptors (Lipinski definition) is 4. The normalized spacial score (nSPS) is 11.3. The summed E-state index contributed by atoms with van der Waals surface area (Å²) in [4.78, 5) is -0.0598. The minimum absolute atomic E-state index is 0. The van der Waals surface area contributed by atoms with E-state index in [1.807, 2.05) is 12.1 Å². The molecule has 0 unspecified atom stereocenters. The molecular formula is C28H44BaO4S. The van der Waals surface area contributed by atoms with Crippen LogP contribution < -0.4 is 0 Å². The van der Waals surface area contributed by atoms with Crippen molar-refractivity contribution in [2.45, 2.75) is 121 Å². The van der Waals surface area contributed by atoms with Crippen LogP contribution in [-0.2, 0) is 23.0 Å². The second kappa shape index (κ2) is 19.3. The molecule has 4 nitrogen and oxygen atoms in total. The standard InChI is InChI=1S/C28H44O3S.Ba.H2O/c1-3-5-7-9-11-13-15-17-24-19-20-27-26(21-24)22-25(23-28(27)32(29,30)31)18-16-14-12-10-8-6-4-2;;/h19-23H,3-18H2,1-2H3,(H,29,30,31);;1H2/q;+2;/p-2. The summed E-state index contributed by atoms with van der Waals surface area (Å²) in [5, 5.41) is 1.45. The Labute approximate surface area is 248 Å². The molecule has 1 N–H and O–H groups in total. The number of hydrogen-bond donors (Lipinski definition) is 0. The van der Waals surface area contributed by atoms with E-state index in [4.69, 9.17) is 0 Å². The van der Waals surface area contributed by atoms with Crippen molar-refractivity contribution >= 4 is 69.8 Å². The number of rotatable bonds is 17. The molecule has 0 fully saturated rings. The zero-order valence-corrected chi connectivity index (χ0v) is 26.7. The molecule has 2 rings (SSSR count).